The molecule has 82 valence electrons. The van der Waals surface area contributed by atoms with Crippen molar-refractivity contribution in [3.63, 3.8) is 0 Å². The SMILES string of the molecule is COc1ccc(-c2ncc(C(=O)O)[nH]2)cn1. The molecule has 16 heavy (non-hydrogen) atoms. The lowest BCUT2D eigenvalue weighted by Gasteiger charge is -1.99. The highest BCUT2D eigenvalue weighted by molar-refractivity contribution is 5.85. The third-order valence-corrected chi connectivity index (χ3v) is 2.03. The van der Waals surface area contributed by atoms with Crippen molar-refractivity contribution in [2.24, 2.45) is 0 Å². The second-order valence-corrected chi connectivity index (χ2v) is 3.04. The van der Waals surface area contributed by atoms with Crippen molar-refractivity contribution in [1.82, 2.24) is 15.0 Å². The van der Waals surface area contributed by atoms with Gasteiger partial charge in [0.15, 0.2) is 0 Å². The van der Waals surface area contributed by atoms with Crippen molar-refractivity contribution in [3.8, 4) is 17.3 Å². The van der Waals surface area contributed by atoms with E-state index in [4.69, 9.17) is 9.84 Å². The minimum Gasteiger partial charge on any atom is -0.481 e. The van der Waals surface area contributed by atoms with Crippen LogP contribution in [0.15, 0.2) is 24.5 Å². The molecule has 0 saturated carbocycles. The summed E-state index contributed by atoms with van der Waals surface area (Å²) >= 11 is 0. The minimum absolute atomic E-state index is 0.0471. The number of nitrogens with zero attached hydrogens (tertiary/aromatic N) is 2. The van der Waals surface area contributed by atoms with Gasteiger partial charge in [-0.3, -0.25) is 0 Å². The lowest BCUT2D eigenvalue weighted by Crippen LogP contribution is -1.95. The Balaban J connectivity index is 2.31. The smallest absolute Gasteiger partial charge is 0.353 e. The molecule has 0 aliphatic heterocycles. The van der Waals surface area contributed by atoms with Gasteiger partial charge in [0.2, 0.25) is 5.88 Å². The number of carboxylic acids is 1. The zero-order chi connectivity index (χ0) is 11.5. The first-order valence-electron chi connectivity index (χ1n) is 4.49. The van der Waals surface area contributed by atoms with E-state index in [-0.39, 0.29) is 5.69 Å². The number of carboxylic acid groups (broad SMARTS) is 1. The lowest BCUT2D eigenvalue weighted by molar-refractivity contribution is 0.0691. The van der Waals surface area contributed by atoms with Gasteiger partial charge in [0.05, 0.1) is 13.3 Å². The highest BCUT2D eigenvalue weighted by Crippen LogP contribution is 2.16. The second kappa shape index (κ2) is 4.01. The Hall–Kier alpha value is -2.37. The summed E-state index contributed by atoms with van der Waals surface area (Å²) in [5, 5.41) is 8.72. The average Bonchev–Trinajstić information content (AvgIpc) is 2.78. The molecule has 2 N–H and O–H groups in total. The van der Waals surface area contributed by atoms with E-state index in [0.29, 0.717) is 17.3 Å². The van der Waals surface area contributed by atoms with Crippen molar-refractivity contribution >= 4 is 5.97 Å². The molecule has 0 saturated heterocycles. The minimum atomic E-state index is -1.04. The van der Waals surface area contributed by atoms with Crippen molar-refractivity contribution in [1.29, 1.82) is 0 Å². The van der Waals surface area contributed by atoms with Crippen molar-refractivity contribution in [2.75, 3.05) is 7.11 Å². The standard InChI is InChI=1S/C10H9N3O3/c1-16-8-3-2-6(4-11-8)9-12-5-7(13-9)10(14)15/h2-5H,1H3,(H,12,13)(H,14,15). The maximum Gasteiger partial charge on any atom is 0.353 e. The maximum atomic E-state index is 10.6. The molecule has 0 aliphatic rings. The van der Waals surface area contributed by atoms with E-state index in [9.17, 15) is 4.79 Å². The van der Waals surface area contributed by atoms with Gasteiger partial charge in [-0.2, -0.15) is 0 Å². The van der Waals surface area contributed by atoms with E-state index >= 15 is 0 Å². The van der Waals surface area contributed by atoms with Crippen LogP contribution in [0.3, 0.4) is 0 Å². The van der Waals surface area contributed by atoms with Crippen LogP contribution < -0.4 is 4.74 Å². The predicted molar refractivity (Wildman–Crippen MR) is 55.3 cm³/mol. The molecular formula is C10H9N3O3. The van der Waals surface area contributed by atoms with Crippen LogP contribution in [0, 0.1) is 0 Å². The normalized spacial score (nSPS) is 10.1. The fraction of sp³-hybridized carbons (Fsp3) is 0.100. The third kappa shape index (κ3) is 1.85. The van der Waals surface area contributed by atoms with Gasteiger partial charge in [-0.05, 0) is 6.07 Å². The van der Waals surface area contributed by atoms with Crippen LogP contribution in [-0.4, -0.2) is 33.1 Å². The summed E-state index contributed by atoms with van der Waals surface area (Å²) in [4.78, 5) is 21.3. The van der Waals surface area contributed by atoms with Crippen LogP contribution in [0.25, 0.3) is 11.4 Å². The first-order valence-corrected chi connectivity index (χ1v) is 4.49. The Morgan fingerprint density at radius 2 is 2.19 bits per heavy atom. The summed E-state index contributed by atoms with van der Waals surface area (Å²) in [5.74, 6) is -0.0819. The number of carbonyl (C=O) groups is 1. The zero-order valence-electron chi connectivity index (χ0n) is 8.47. The fourth-order valence-corrected chi connectivity index (χ4v) is 1.22. The molecule has 6 nitrogen and oxygen atoms in total. The monoisotopic (exact) mass is 219 g/mol. The Morgan fingerprint density at radius 1 is 1.38 bits per heavy atom. The zero-order valence-corrected chi connectivity index (χ0v) is 8.47. The summed E-state index contributed by atoms with van der Waals surface area (Å²) in [5.41, 5.74) is 0.749. The van der Waals surface area contributed by atoms with Gasteiger partial charge >= 0.3 is 5.97 Å². The van der Waals surface area contributed by atoms with Crippen LogP contribution in [0.2, 0.25) is 0 Å². The number of hydrogen-bond donors (Lipinski definition) is 2. The van der Waals surface area contributed by atoms with Gasteiger partial charge < -0.3 is 14.8 Å². The molecule has 0 radical (unpaired) electrons. The molecule has 0 bridgehead atoms. The van der Waals surface area contributed by atoms with E-state index < -0.39 is 5.97 Å². The van der Waals surface area contributed by atoms with Gasteiger partial charge in [0.1, 0.15) is 11.5 Å². The van der Waals surface area contributed by atoms with Gasteiger partial charge in [-0.25, -0.2) is 14.8 Å². The molecule has 2 aromatic rings. The highest BCUT2D eigenvalue weighted by Gasteiger charge is 2.08. The molecule has 0 unspecified atom stereocenters. The molecular weight excluding hydrogens is 210 g/mol. The van der Waals surface area contributed by atoms with Crippen LogP contribution >= 0.6 is 0 Å². The number of pyridine rings is 1. The quantitative estimate of drug-likeness (QED) is 0.809. The maximum absolute atomic E-state index is 10.6. The Bertz CT molecular complexity index is 504. The van der Waals surface area contributed by atoms with Gasteiger partial charge in [0, 0.05) is 17.8 Å². The van der Waals surface area contributed by atoms with Crippen molar-refractivity contribution in [2.45, 2.75) is 0 Å². The predicted octanol–water partition coefficient (Wildman–Crippen LogP) is 1.18. The van der Waals surface area contributed by atoms with Crippen molar-refractivity contribution in [3.05, 3.63) is 30.2 Å². The Kier molecular flexibility index (Phi) is 2.55. The fourth-order valence-electron chi connectivity index (χ4n) is 1.22. The van der Waals surface area contributed by atoms with Crippen LogP contribution in [-0.2, 0) is 0 Å². The molecule has 0 amide bonds. The first-order chi connectivity index (χ1) is 7.70. The number of nitrogens with one attached hydrogen (secondary N) is 1. The molecule has 2 heterocycles. The number of aromatic nitrogens is 3. The van der Waals surface area contributed by atoms with Crippen LogP contribution in [0.5, 0.6) is 5.88 Å². The van der Waals surface area contributed by atoms with Crippen LogP contribution in [0.1, 0.15) is 10.5 Å². The number of aromatic amines is 1. The molecule has 0 atom stereocenters. The molecule has 6 heteroatoms. The number of ether oxygens (including phenoxy) is 1. The van der Waals surface area contributed by atoms with Gasteiger partial charge in [0.25, 0.3) is 0 Å². The van der Waals surface area contributed by atoms with Crippen molar-refractivity contribution < 1.29 is 14.6 Å². The van der Waals surface area contributed by atoms with Gasteiger partial charge in [-0.1, -0.05) is 0 Å². The summed E-state index contributed by atoms with van der Waals surface area (Å²) in [6.07, 6.45) is 2.82. The lowest BCUT2D eigenvalue weighted by atomic mass is 10.3. The Morgan fingerprint density at radius 3 is 2.69 bits per heavy atom. The van der Waals surface area contributed by atoms with E-state index in [1.54, 1.807) is 18.3 Å². The van der Waals surface area contributed by atoms with Gasteiger partial charge in [-0.15, -0.1) is 0 Å². The third-order valence-electron chi connectivity index (χ3n) is 2.03. The number of methoxy groups -OCH3 is 1. The second-order valence-electron chi connectivity index (χ2n) is 3.04. The molecule has 2 aromatic heterocycles. The van der Waals surface area contributed by atoms with E-state index in [2.05, 4.69) is 15.0 Å². The molecule has 0 aliphatic carbocycles. The number of aromatic carboxylic acids is 1. The molecule has 0 aromatic carbocycles. The molecule has 2 rings (SSSR count). The van der Waals surface area contributed by atoms with E-state index in [1.807, 2.05) is 0 Å². The summed E-state index contributed by atoms with van der Waals surface area (Å²) in [6, 6.07) is 3.43. The molecule has 0 spiro atoms. The van der Waals surface area contributed by atoms with E-state index in [1.165, 1.54) is 13.3 Å². The molecule has 0 fully saturated rings. The number of H-pyrrole nitrogens is 1. The average molecular weight is 219 g/mol. The topological polar surface area (TPSA) is 88.1 Å². The number of imidazole rings is 1. The van der Waals surface area contributed by atoms with Crippen LogP contribution in [0.4, 0.5) is 0 Å². The summed E-state index contributed by atoms with van der Waals surface area (Å²) in [6.45, 7) is 0. The van der Waals surface area contributed by atoms with E-state index in [0.717, 1.165) is 0 Å². The summed E-state index contributed by atoms with van der Waals surface area (Å²) in [7, 11) is 1.53. The Labute approximate surface area is 90.9 Å². The number of rotatable bonds is 3. The summed E-state index contributed by atoms with van der Waals surface area (Å²) < 4.78 is 4.91. The largest absolute Gasteiger partial charge is 0.481 e. The first kappa shape index (κ1) is 10.2. The highest BCUT2D eigenvalue weighted by atomic mass is 16.5. The number of hydrogen-bond acceptors (Lipinski definition) is 4.